The summed E-state index contributed by atoms with van der Waals surface area (Å²) in [7, 11) is 0. The lowest BCUT2D eigenvalue weighted by Gasteiger charge is -2.08. The number of rotatable bonds is 3. The highest BCUT2D eigenvalue weighted by molar-refractivity contribution is 5.81. The van der Waals surface area contributed by atoms with Gasteiger partial charge in [-0.2, -0.15) is 0 Å². The predicted octanol–water partition coefficient (Wildman–Crippen LogP) is -0.482. The molecule has 0 aromatic carbocycles. The fraction of sp³-hybridized carbons (Fsp3) is 0.600. The number of carbonyl (C=O) groups excluding carboxylic acids is 1. The first-order valence-corrected chi connectivity index (χ1v) is 2.86. The molecule has 0 unspecified atom stereocenters. The highest BCUT2D eigenvalue weighted by atomic mass is 16.4. The highest BCUT2D eigenvalue weighted by Gasteiger charge is 2.14. The van der Waals surface area contributed by atoms with Gasteiger partial charge in [-0.25, -0.2) is 9.59 Å². The van der Waals surface area contributed by atoms with E-state index in [1.165, 1.54) is 0 Å². The van der Waals surface area contributed by atoms with E-state index in [2.05, 4.69) is 5.32 Å². The molecule has 10 heavy (non-hydrogen) atoms. The van der Waals surface area contributed by atoms with Gasteiger partial charge in [0.2, 0.25) is 0 Å². The van der Waals surface area contributed by atoms with Crippen LogP contribution in [-0.2, 0) is 4.79 Å². The number of nitrogens with two attached hydrogens (primary N) is 1. The Bertz CT molecular complexity index is 146. The molecule has 1 atom stereocenters. The lowest BCUT2D eigenvalue weighted by Crippen LogP contribution is -2.43. The zero-order valence-corrected chi connectivity index (χ0v) is 5.63. The fourth-order valence-corrected chi connectivity index (χ4v) is 0.510. The molecule has 0 aliphatic rings. The number of carboxylic acid groups (broad SMARTS) is 1. The first kappa shape index (κ1) is 8.74. The van der Waals surface area contributed by atoms with E-state index >= 15 is 0 Å². The molecular formula is C5H10N2O3. The second-order valence-corrected chi connectivity index (χ2v) is 1.81. The molecule has 5 nitrogen and oxygen atoms in total. The molecule has 0 saturated carbocycles. The molecule has 0 rings (SSSR count). The third-order valence-electron chi connectivity index (χ3n) is 1.02. The number of carbonyl (C=O) groups is 2. The molecule has 0 heterocycles. The quantitative estimate of drug-likeness (QED) is 0.502. The number of amides is 2. The van der Waals surface area contributed by atoms with Crippen molar-refractivity contribution in [2.75, 3.05) is 0 Å². The van der Waals surface area contributed by atoms with Crippen molar-refractivity contribution >= 4 is 12.0 Å². The molecule has 0 aromatic rings. The summed E-state index contributed by atoms with van der Waals surface area (Å²) in [4.78, 5) is 20.3. The van der Waals surface area contributed by atoms with Gasteiger partial charge in [0.1, 0.15) is 6.04 Å². The van der Waals surface area contributed by atoms with Gasteiger partial charge in [-0.05, 0) is 6.42 Å². The van der Waals surface area contributed by atoms with Gasteiger partial charge in [0, 0.05) is 0 Å². The van der Waals surface area contributed by atoms with Crippen LogP contribution < -0.4 is 11.1 Å². The molecule has 0 aliphatic heterocycles. The molecule has 0 fully saturated rings. The molecule has 2 amide bonds. The number of hydrogen-bond donors (Lipinski definition) is 3. The molecule has 0 aromatic heterocycles. The Kier molecular flexibility index (Phi) is 3.24. The highest BCUT2D eigenvalue weighted by Crippen LogP contribution is 1.88. The smallest absolute Gasteiger partial charge is 0.326 e. The molecule has 0 saturated heterocycles. The van der Waals surface area contributed by atoms with E-state index in [0.717, 1.165) is 0 Å². The fourth-order valence-electron chi connectivity index (χ4n) is 0.510. The maximum absolute atomic E-state index is 10.2. The van der Waals surface area contributed by atoms with Crippen LogP contribution in [0.5, 0.6) is 0 Å². The predicted molar refractivity (Wildman–Crippen MR) is 34.4 cm³/mol. The average molecular weight is 146 g/mol. The van der Waals surface area contributed by atoms with Crippen molar-refractivity contribution in [1.29, 1.82) is 0 Å². The van der Waals surface area contributed by atoms with E-state index < -0.39 is 18.0 Å². The van der Waals surface area contributed by atoms with Crippen molar-refractivity contribution in [2.45, 2.75) is 19.4 Å². The van der Waals surface area contributed by atoms with Gasteiger partial charge in [-0.1, -0.05) is 6.92 Å². The van der Waals surface area contributed by atoms with Crippen molar-refractivity contribution in [3.63, 3.8) is 0 Å². The van der Waals surface area contributed by atoms with Crippen LogP contribution in [0.25, 0.3) is 0 Å². The van der Waals surface area contributed by atoms with Gasteiger partial charge in [0.15, 0.2) is 0 Å². The lowest BCUT2D eigenvalue weighted by molar-refractivity contribution is -0.139. The maximum atomic E-state index is 10.2. The van der Waals surface area contributed by atoms with Crippen LogP contribution >= 0.6 is 0 Å². The molecule has 4 N–H and O–H groups in total. The van der Waals surface area contributed by atoms with Crippen LogP contribution in [0.2, 0.25) is 0 Å². The zero-order valence-electron chi connectivity index (χ0n) is 5.63. The van der Waals surface area contributed by atoms with E-state index in [4.69, 9.17) is 10.8 Å². The summed E-state index contributed by atoms with van der Waals surface area (Å²) in [5, 5.41) is 10.4. The van der Waals surface area contributed by atoms with Gasteiger partial charge < -0.3 is 16.2 Å². The third-order valence-corrected chi connectivity index (χ3v) is 1.02. The van der Waals surface area contributed by atoms with Crippen molar-refractivity contribution in [1.82, 2.24) is 5.32 Å². The van der Waals surface area contributed by atoms with Gasteiger partial charge in [0.25, 0.3) is 0 Å². The largest absolute Gasteiger partial charge is 0.480 e. The Morgan fingerprint density at radius 3 is 2.30 bits per heavy atom. The molecule has 0 spiro atoms. The van der Waals surface area contributed by atoms with Crippen molar-refractivity contribution in [3.05, 3.63) is 0 Å². The third kappa shape index (κ3) is 2.91. The zero-order chi connectivity index (χ0) is 8.15. The molecule has 0 aliphatic carbocycles. The summed E-state index contributed by atoms with van der Waals surface area (Å²) in [5.74, 6) is -1.07. The monoisotopic (exact) mass is 146 g/mol. The van der Waals surface area contributed by atoms with Gasteiger partial charge in [0.05, 0.1) is 0 Å². The number of nitrogens with one attached hydrogen (secondary N) is 1. The minimum atomic E-state index is -1.07. The Hall–Kier alpha value is -1.26. The lowest BCUT2D eigenvalue weighted by atomic mass is 10.2. The molecular weight excluding hydrogens is 136 g/mol. The first-order chi connectivity index (χ1) is 4.57. The standard InChI is InChI=1S/C5H10N2O3/c1-2-3(4(8)9)7-5(6)10/h3H,2H2,1H3,(H,8,9)(H3,6,7,10)/t3-/m1/s1. The number of carboxylic acids is 1. The van der Waals surface area contributed by atoms with Gasteiger partial charge in [-0.15, -0.1) is 0 Å². The molecule has 58 valence electrons. The molecule has 0 bridgehead atoms. The summed E-state index contributed by atoms with van der Waals surface area (Å²) in [5.41, 5.74) is 4.69. The Morgan fingerprint density at radius 2 is 2.20 bits per heavy atom. The second kappa shape index (κ2) is 3.71. The van der Waals surface area contributed by atoms with E-state index in [1.54, 1.807) is 6.92 Å². The van der Waals surface area contributed by atoms with Crippen LogP contribution in [0.15, 0.2) is 0 Å². The van der Waals surface area contributed by atoms with Crippen LogP contribution in [0, 0.1) is 0 Å². The Labute approximate surface area is 58.2 Å². The number of aliphatic carboxylic acids is 1. The number of primary amides is 1. The Balaban J connectivity index is 3.83. The minimum absolute atomic E-state index is 0.332. The van der Waals surface area contributed by atoms with Crippen molar-refractivity contribution in [2.24, 2.45) is 5.73 Å². The minimum Gasteiger partial charge on any atom is -0.480 e. The summed E-state index contributed by atoms with van der Waals surface area (Å²) in [6, 6.07) is -1.67. The summed E-state index contributed by atoms with van der Waals surface area (Å²) in [6.45, 7) is 1.65. The maximum Gasteiger partial charge on any atom is 0.326 e. The molecule has 0 radical (unpaired) electrons. The topological polar surface area (TPSA) is 92.4 Å². The first-order valence-electron chi connectivity index (χ1n) is 2.86. The molecule has 5 heteroatoms. The normalized spacial score (nSPS) is 12.1. The van der Waals surface area contributed by atoms with E-state index in [1.807, 2.05) is 0 Å². The average Bonchev–Trinajstić information content (AvgIpc) is 1.81. The van der Waals surface area contributed by atoms with Crippen molar-refractivity contribution in [3.8, 4) is 0 Å². The van der Waals surface area contributed by atoms with E-state index in [0.29, 0.717) is 6.42 Å². The van der Waals surface area contributed by atoms with Gasteiger partial charge >= 0.3 is 12.0 Å². The van der Waals surface area contributed by atoms with E-state index in [9.17, 15) is 9.59 Å². The summed E-state index contributed by atoms with van der Waals surface area (Å²) < 4.78 is 0. The van der Waals surface area contributed by atoms with Crippen LogP contribution in [0.4, 0.5) is 4.79 Å². The van der Waals surface area contributed by atoms with Crippen LogP contribution in [-0.4, -0.2) is 23.1 Å². The number of urea groups is 1. The number of hydrogen-bond acceptors (Lipinski definition) is 2. The SMILES string of the molecule is CC[C@@H](NC(N)=O)C(=O)O. The van der Waals surface area contributed by atoms with Gasteiger partial charge in [-0.3, -0.25) is 0 Å². The van der Waals surface area contributed by atoms with Crippen LogP contribution in [0.1, 0.15) is 13.3 Å². The summed E-state index contributed by atoms with van der Waals surface area (Å²) >= 11 is 0. The second-order valence-electron chi connectivity index (χ2n) is 1.81. The van der Waals surface area contributed by atoms with Crippen molar-refractivity contribution < 1.29 is 14.7 Å². The van der Waals surface area contributed by atoms with Crippen LogP contribution in [0.3, 0.4) is 0 Å². The van der Waals surface area contributed by atoms with E-state index in [-0.39, 0.29) is 0 Å². The Morgan fingerprint density at radius 1 is 1.70 bits per heavy atom. The summed E-state index contributed by atoms with van der Waals surface area (Å²) in [6.07, 6.45) is 0.332.